The molecular weight excluding hydrogens is 905 g/mol. The fourth-order valence-electron chi connectivity index (χ4n) is 13.6. The molecular formula is C73H46N2. The van der Waals surface area contributed by atoms with E-state index in [1.165, 1.54) is 110 Å². The molecule has 2 aliphatic carbocycles. The molecule has 0 atom stereocenters. The Kier molecular flexibility index (Phi) is 8.99. The maximum atomic E-state index is 2.62. The molecule has 0 saturated carbocycles. The fraction of sp³-hybridized carbons (Fsp3) is 0.0137. The number of anilines is 3. The van der Waals surface area contributed by atoms with E-state index in [0.717, 1.165) is 33.8 Å². The average Bonchev–Trinajstić information content (AvgIpc) is 4.19. The van der Waals surface area contributed by atoms with Crippen molar-refractivity contribution in [1.82, 2.24) is 4.57 Å². The molecule has 13 aromatic carbocycles. The Hall–Kier alpha value is -9.76. The van der Waals surface area contributed by atoms with Crippen molar-refractivity contribution in [2.75, 3.05) is 4.90 Å². The highest BCUT2D eigenvalue weighted by Gasteiger charge is 2.52. The number of rotatable bonds is 6. The third-order valence-electron chi connectivity index (χ3n) is 16.6. The van der Waals surface area contributed by atoms with E-state index in [-0.39, 0.29) is 0 Å². The molecule has 0 bridgehead atoms. The third kappa shape index (κ3) is 5.85. The molecule has 1 aromatic heterocycles. The van der Waals surface area contributed by atoms with Crippen LogP contribution >= 0.6 is 0 Å². The summed E-state index contributed by atoms with van der Waals surface area (Å²) in [6.45, 7) is 0. The Morgan fingerprint density at radius 1 is 0.267 bits per heavy atom. The highest BCUT2D eigenvalue weighted by Crippen LogP contribution is 2.64. The van der Waals surface area contributed by atoms with Crippen molar-refractivity contribution in [2.24, 2.45) is 0 Å². The summed E-state index contributed by atoms with van der Waals surface area (Å²) in [5.41, 5.74) is 21.3. The van der Waals surface area contributed by atoms with Crippen molar-refractivity contribution in [1.29, 1.82) is 0 Å². The highest BCUT2D eigenvalue weighted by atomic mass is 15.2. The number of nitrogens with zero attached hydrogens (tertiary/aromatic N) is 2. The predicted molar refractivity (Wildman–Crippen MR) is 315 cm³/mol. The van der Waals surface area contributed by atoms with E-state index in [9.17, 15) is 0 Å². The molecule has 75 heavy (non-hydrogen) atoms. The largest absolute Gasteiger partial charge is 0.309 e. The van der Waals surface area contributed by atoms with Gasteiger partial charge in [-0.2, -0.15) is 0 Å². The van der Waals surface area contributed by atoms with Gasteiger partial charge in [-0.15, -0.1) is 0 Å². The van der Waals surface area contributed by atoms with Crippen LogP contribution in [0.15, 0.2) is 279 Å². The van der Waals surface area contributed by atoms with Gasteiger partial charge in [0.2, 0.25) is 0 Å². The molecule has 2 nitrogen and oxygen atoms in total. The highest BCUT2D eigenvalue weighted by molar-refractivity contribution is 6.26. The predicted octanol–water partition coefficient (Wildman–Crippen LogP) is 19.4. The summed E-state index contributed by atoms with van der Waals surface area (Å²) in [7, 11) is 0. The van der Waals surface area contributed by atoms with Crippen LogP contribution < -0.4 is 4.90 Å². The van der Waals surface area contributed by atoms with E-state index in [0.29, 0.717) is 0 Å². The van der Waals surface area contributed by atoms with Gasteiger partial charge < -0.3 is 9.47 Å². The van der Waals surface area contributed by atoms with Gasteiger partial charge in [0.15, 0.2) is 0 Å². The molecule has 0 radical (unpaired) electrons. The van der Waals surface area contributed by atoms with Crippen LogP contribution in [0.5, 0.6) is 0 Å². The maximum Gasteiger partial charge on any atom is 0.0726 e. The number of hydrogen-bond acceptors (Lipinski definition) is 1. The molecule has 2 heteroatoms. The zero-order valence-electron chi connectivity index (χ0n) is 41.0. The van der Waals surface area contributed by atoms with Gasteiger partial charge in [-0.25, -0.2) is 0 Å². The second kappa shape index (κ2) is 16.1. The summed E-state index contributed by atoms with van der Waals surface area (Å²) in [5, 5.41) is 9.87. The van der Waals surface area contributed by atoms with E-state index >= 15 is 0 Å². The monoisotopic (exact) mass is 950 g/mol. The zero-order valence-corrected chi connectivity index (χ0v) is 41.0. The van der Waals surface area contributed by atoms with Crippen LogP contribution in [0.25, 0.3) is 104 Å². The van der Waals surface area contributed by atoms with Gasteiger partial charge in [-0.1, -0.05) is 224 Å². The minimum Gasteiger partial charge on any atom is -0.309 e. The SMILES string of the molecule is c1ccc(-c2ccccc2-c2cc3c(cc2N(c2ccc4c5ccccc5c5ccccc5c4c2)c2cccc4c2c2ccccc2n4-c2ccccc2)C2(c4ccccc4-c4ccccc42)c2ccccc2-3)cc1. The lowest BCUT2D eigenvalue weighted by molar-refractivity contribution is 0.794. The van der Waals surface area contributed by atoms with Crippen molar-refractivity contribution >= 4 is 71.2 Å². The standard InChI is InChI=1S/C73H46N2/c1-3-22-47(23-4-1)50-26-7-8-27-51(50)63-45-62-59-34-15-19-38-66(59)73(64-36-17-13-32-57(64)58-33-14-18-37-65(58)73)67(62)46-71(63)75(49-42-43-56-54-30-10-9-28-52(54)53-29-11-12-31-55(53)61(56)44-49)70-41-21-40-69-72(70)60-35-16-20-39-68(60)74(69)48-24-5-2-6-25-48/h1-46H. The average molecular weight is 951 g/mol. The summed E-state index contributed by atoms with van der Waals surface area (Å²) in [6, 6.07) is 104. The Morgan fingerprint density at radius 3 is 1.39 bits per heavy atom. The van der Waals surface area contributed by atoms with Gasteiger partial charge in [-0.3, -0.25) is 0 Å². The molecule has 0 saturated heterocycles. The molecule has 348 valence electrons. The third-order valence-corrected chi connectivity index (χ3v) is 16.6. The van der Waals surface area contributed by atoms with Crippen molar-refractivity contribution in [3.8, 4) is 50.2 Å². The number of fused-ring (bicyclic) bond motifs is 19. The second-order valence-electron chi connectivity index (χ2n) is 20.2. The van der Waals surface area contributed by atoms with E-state index in [2.05, 4.69) is 289 Å². The fourth-order valence-corrected chi connectivity index (χ4v) is 13.6. The number of benzene rings is 13. The van der Waals surface area contributed by atoms with Gasteiger partial charge in [0.1, 0.15) is 0 Å². The summed E-state index contributed by atoms with van der Waals surface area (Å²) >= 11 is 0. The van der Waals surface area contributed by atoms with Crippen molar-refractivity contribution in [3.63, 3.8) is 0 Å². The summed E-state index contributed by atoms with van der Waals surface area (Å²) in [5.74, 6) is 0. The van der Waals surface area contributed by atoms with Gasteiger partial charge in [0, 0.05) is 27.7 Å². The number of para-hydroxylation sites is 2. The topological polar surface area (TPSA) is 8.17 Å². The van der Waals surface area contributed by atoms with Gasteiger partial charge in [0.25, 0.3) is 0 Å². The van der Waals surface area contributed by atoms with Crippen molar-refractivity contribution in [2.45, 2.75) is 5.41 Å². The lowest BCUT2D eigenvalue weighted by Gasteiger charge is -2.34. The van der Waals surface area contributed by atoms with Crippen LogP contribution in [0.1, 0.15) is 22.3 Å². The Balaban J connectivity index is 1.10. The lowest BCUT2D eigenvalue weighted by Crippen LogP contribution is -2.26. The molecule has 0 unspecified atom stereocenters. The minimum atomic E-state index is -0.565. The molecule has 16 rings (SSSR count). The molecule has 1 spiro atoms. The van der Waals surface area contributed by atoms with Crippen LogP contribution in [0.4, 0.5) is 17.1 Å². The van der Waals surface area contributed by atoms with E-state index in [1.807, 2.05) is 0 Å². The first kappa shape index (κ1) is 41.8. The Morgan fingerprint density at radius 2 is 0.747 bits per heavy atom. The molecule has 0 fully saturated rings. The first-order valence-corrected chi connectivity index (χ1v) is 26.1. The number of aromatic nitrogens is 1. The quantitative estimate of drug-likeness (QED) is 0.151. The van der Waals surface area contributed by atoms with Gasteiger partial charge in [0.05, 0.1) is 27.8 Å². The van der Waals surface area contributed by atoms with Crippen LogP contribution in [0, 0.1) is 0 Å². The Bertz CT molecular complexity index is 4580. The first-order valence-electron chi connectivity index (χ1n) is 26.1. The molecule has 0 amide bonds. The van der Waals surface area contributed by atoms with E-state index < -0.39 is 5.41 Å². The molecule has 1 heterocycles. The maximum absolute atomic E-state index is 2.62. The second-order valence-corrected chi connectivity index (χ2v) is 20.2. The minimum absolute atomic E-state index is 0.565. The summed E-state index contributed by atoms with van der Waals surface area (Å²) in [6.07, 6.45) is 0. The number of hydrogen-bond donors (Lipinski definition) is 0. The van der Waals surface area contributed by atoms with Crippen LogP contribution in [0.2, 0.25) is 0 Å². The molecule has 2 aliphatic rings. The van der Waals surface area contributed by atoms with Gasteiger partial charge in [-0.05, 0) is 148 Å². The molecule has 0 N–H and O–H groups in total. The molecule has 14 aromatic rings. The van der Waals surface area contributed by atoms with Crippen LogP contribution in [-0.4, -0.2) is 4.57 Å². The Labute approximate surface area is 435 Å². The lowest BCUT2D eigenvalue weighted by atomic mass is 9.70. The molecule has 0 aliphatic heterocycles. The van der Waals surface area contributed by atoms with E-state index in [1.54, 1.807) is 0 Å². The summed E-state index contributed by atoms with van der Waals surface area (Å²) < 4.78 is 2.44. The summed E-state index contributed by atoms with van der Waals surface area (Å²) in [4.78, 5) is 2.62. The zero-order chi connectivity index (χ0) is 49.2. The normalized spacial score (nSPS) is 12.9. The van der Waals surface area contributed by atoms with Crippen LogP contribution in [-0.2, 0) is 5.41 Å². The first-order chi connectivity index (χ1) is 37.3. The van der Waals surface area contributed by atoms with Gasteiger partial charge >= 0.3 is 0 Å². The smallest absolute Gasteiger partial charge is 0.0726 e. The van der Waals surface area contributed by atoms with E-state index in [4.69, 9.17) is 0 Å². The van der Waals surface area contributed by atoms with Crippen molar-refractivity contribution < 1.29 is 0 Å². The van der Waals surface area contributed by atoms with Crippen LogP contribution in [0.3, 0.4) is 0 Å². The van der Waals surface area contributed by atoms with Crippen molar-refractivity contribution in [3.05, 3.63) is 301 Å².